The Labute approximate surface area is 162 Å². The first-order chi connectivity index (χ1) is 13.1. The first kappa shape index (κ1) is 19.3. The molecule has 2 aliphatic heterocycles. The van der Waals surface area contributed by atoms with Crippen LogP contribution in [0.15, 0.2) is 30.3 Å². The van der Waals surface area contributed by atoms with Crippen molar-refractivity contribution < 1.29 is 19.7 Å². The fourth-order valence-corrected chi connectivity index (χ4v) is 5.58. The van der Waals surface area contributed by atoms with E-state index in [1.807, 2.05) is 0 Å². The molecule has 150 valence electrons. The molecule has 0 spiro atoms. The minimum Gasteiger partial charge on any atom is -0.391 e. The van der Waals surface area contributed by atoms with E-state index in [4.69, 9.17) is 9.47 Å². The molecule has 2 N–H and O–H groups in total. The average Bonchev–Trinajstić information content (AvgIpc) is 2.93. The zero-order valence-corrected chi connectivity index (χ0v) is 16.3. The summed E-state index contributed by atoms with van der Waals surface area (Å²) in [6.45, 7) is 2.74. The number of hydrogen-bond donors (Lipinski definition) is 2. The molecule has 2 heterocycles. The number of methoxy groups -OCH3 is 1. The van der Waals surface area contributed by atoms with E-state index in [9.17, 15) is 10.2 Å². The molecule has 0 radical (unpaired) electrons. The summed E-state index contributed by atoms with van der Waals surface area (Å²) < 4.78 is 11.1. The molecule has 5 atom stereocenters. The van der Waals surface area contributed by atoms with Gasteiger partial charge in [0.05, 0.1) is 31.5 Å². The molecule has 4 rings (SSSR count). The van der Waals surface area contributed by atoms with Crippen LogP contribution in [0.4, 0.5) is 0 Å². The van der Waals surface area contributed by atoms with Gasteiger partial charge in [0.1, 0.15) is 5.60 Å². The van der Waals surface area contributed by atoms with E-state index in [2.05, 4.69) is 35.2 Å². The van der Waals surface area contributed by atoms with Gasteiger partial charge in [-0.3, -0.25) is 4.90 Å². The van der Waals surface area contributed by atoms with Crippen LogP contribution in [0.25, 0.3) is 0 Å². The summed E-state index contributed by atoms with van der Waals surface area (Å²) in [5, 5.41) is 22.2. The van der Waals surface area contributed by atoms with Gasteiger partial charge in [0.2, 0.25) is 0 Å². The maximum absolute atomic E-state index is 11.4. The molecule has 0 aromatic heterocycles. The maximum Gasteiger partial charge on any atom is 0.109 e. The summed E-state index contributed by atoms with van der Waals surface area (Å²) in [6, 6.07) is 10.5. The van der Waals surface area contributed by atoms with E-state index in [0.29, 0.717) is 25.6 Å². The smallest absolute Gasteiger partial charge is 0.109 e. The Morgan fingerprint density at radius 3 is 2.63 bits per heavy atom. The van der Waals surface area contributed by atoms with E-state index >= 15 is 0 Å². The lowest BCUT2D eigenvalue weighted by atomic mass is 9.81. The fraction of sp³-hybridized carbons (Fsp3) is 0.727. The lowest BCUT2D eigenvalue weighted by Crippen LogP contribution is -2.61. The van der Waals surface area contributed by atoms with E-state index in [-0.39, 0.29) is 18.1 Å². The molecule has 27 heavy (non-hydrogen) atoms. The molecule has 1 aromatic rings. The van der Waals surface area contributed by atoms with Crippen molar-refractivity contribution in [2.75, 3.05) is 33.4 Å². The van der Waals surface area contributed by atoms with E-state index < -0.39 is 11.7 Å². The number of aliphatic hydroxyl groups excluding tert-OH is 1. The van der Waals surface area contributed by atoms with Crippen LogP contribution < -0.4 is 0 Å². The van der Waals surface area contributed by atoms with Crippen molar-refractivity contribution in [1.82, 2.24) is 4.90 Å². The second kappa shape index (κ2) is 8.18. The summed E-state index contributed by atoms with van der Waals surface area (Å²) in [7, 11) is 1.68. The summed E-state index contributed by atoms with van der Waals surface area (Å²) in [5.74, 6) is 0.773. The number of aliphatic hydroxyl groups is 2. The summed E-state index contributed by atoms with van der Waals surface area (Å²) in [5.41, 5.74) is 0.469. The summed E-state index contributed by atoms with van der Waals surface area (Å²) >= 11 is 0. The highest BCUT2D eigenvalue weighted by Crippen LogP contribution is 2.45. The molecule has 1 aromatic carbocycles. The highest BCUT2D eigenvalue weighted by molar-refractivity contribution is 5.16. The summed E-state index contributed by atoms with van der Waals surface area (Å²) in [6.07, 6.45) is 4.34. The topological polar surface area (TPSA) is 62.2 Å². The number of rotatable bonds is 5. The van der Waals surface area contributed by atoms with Crippen molar-refractivity contribution in [2.24, 2.45) is 11.8 Å². The zero-order valence-electron chi connectivity index (χ0n) is 16.3. The minimum atomic E-state index is -0.935. The lowest BCUT2D eigenvalue weighted by Gasteiger charge is -2.47. The Kier molecular flexibility index (Phi) is 5.86. The van der Waals surface area contributed by atoms with Gasteiger partial charge in [-0.05, 0) is 62.6 Å². The molecule has 0 unspecified atom stereocenters. The molecule has 3 fully saturated rings. The molecule has 0 bridgehead atoms. The second-order valence-corrected chi connectivity index (χ2v) is 8.73. The quantitative estimate of drug-likeness (QED) is 0.823. The standard InChI is InChI=1S/C22H33NO4/c1-26-14-19-12-18-13-20(24)21(22(18,25)15-27-19)23-9-7-17(8-10-23)11-16-5-3-2-4-6-16/h2-6,17-21,24-25H,7-15H2,1H3/t18-,19+,20+,21-,22-/m0/s1. The van der Waals surface area contributed by atoms with Gasteiger partial charge in [0.25, 0.3) is 0 Å². The SMILES string of the molecule is COC[C@H]1C[C@H]2C[C@@H](O)[C@H](N3CCC(Cc4ccccc4)CC3)[C@]2(O)CO1. The van der Waals surface area contributed by atoms with Gasteiger partial charge in [-0.1, -0.05) is 30.3 Å². The van der Waals surface area contributed by atoms with Gasteiger partial charge in [-0.15, -0.1) is 0 Å². The molecular weight excluding hydrogens is 342 g/mol. The fourth-order valence-electron chi connectivity index (χ4n) is 5.58. The van der Waals surface area contributed by atoms with Crippen molar-refractivity contribution in [3.05, 3.63) is 35.9 Å². The first-order valence-electron chi connectivity index (χ1n) is 10.4. The largest absolute Gasteiger partial charge is 0.391 e. The Hall–Kier alpha value is -0.980. The van der Waals surface area contributed by atoms with Crippen LogP contribution in [0.1, 0.15) is 31.2 Å². The number of likely N-dealkylation sites (tertiary alicyclic amines) is 1. The monoisotopic (exact) mass is 375 g/mol. The third-order valence-electron chi connectivity index (χ3n) is 6.97. The van der Waals surface area contributed by atoms with Crippen LogP contribution in [0, 0.1) is 11.8 Å². The lowest BCUT2D eigenvalue weighted by molar-refractivity contribution is -0.181. The van der Waals surface area contributed by atoms with Crippen LogP contribution >= 0.6 is 0 Å². The average molecular weight is 376 g/mol. The van der Waals surface area contributed by atoms with Gasteiger partial charge in [0.15, 0.2) is 0 Å². The Morgan fingerprint density at radius 1 is 1.19 bits per heavy atom. The van der Waals surface area contributed by atoms with Crippen LogP contribution in [-0.4, -0.2) is 72.4 Å². The molecule has 1 aliphatic carbocycles. The maximum atomic E-state index is 11.4. The molecule has 2 saturated heterocycles. The minimum absolute atomic E-state index is 0.0304. The number of hydrogen-bond acceptors (Lipinski definition) is 5. The normalized spacial score (nSPS) is 38.0. The molecule has 3 aliphatic rings. The predicted octanol–water partition coefficient (Wildman–Crippen LogP) is 1.86. The Bertz CT molecular complexity index is 604. The third-order valence-corrected chi connectivity index (χ3v) is 6.97. The summed E-state index contributed by atoms with van der Waals surface area (Å²) in [4.78, 5) is 2.33. The Morgan fingerprint density at radius 2 is 1.93 bits per heavy atom. The van der Waals surface area contributed by atoms with Crippen LogP contribution in [0.2, 0.25) is 0 Å². The van der Waals surface area contributed by atoms with Gasteiger partial charge in [0, 0.05) is 7.11 Å². The van der Waals surface area contributed by atoms with Gasteiger partial charge in [-0.2, -0.15) is 0 Å². The molecule has 0 amide bonds. The van der Waals surface area contributed by atoms with Crippen LogP contribution in [0.3, 0.4) is 0 Å². The number of nitrogens with zero attached hydrogens (tertiary/aromatic N) is 1. The second-order valence-electron chi connectivity index (χ2n) is 8.73. The number of benzene rings is 1. The van der Waals surface area contributed by atoms with Crippen molar-refractivity contribution in [3.63, 3.8) is 0 Å². The van der Waals surface area contributed by atoms with Gasteiger partial charge >= 0.3 is 0 Å². The van der Waals surface area contributed by atoms with Crippen molar-refractivity contribution in [1.29, 1.82) is 0 Å². The molecular formula is C22H33NO4. The van der Waals surface area contributed by atoms with Crippen molar-refractivity contribution in [3.8, 4) is 0 Å². The highest BCUT2D eigenvalue weighted by atomic mass is 16.5. The zero-order chi connectivity index (χ0) is 18.9. The number of ether oxygens (including phenoxy) is 2. The number of fused-ring (bicyclic) bond motifs is 1. The third kappa shape index (κ3) is 3.94. The molecule has 5 nitrogen and oxygen atoms in total. The van der Waals surface area contributed by atoms with E-state index in [1.165, 1.54) is 5.56 Å². The highest BCUT2D eigenvalue weighted by Gasteiger charge is 2.58. The van der Waals surface area contributed by atoms with E-state index in [0.717, 1.165) is 38.8 Å². The van der Waals surface area contributed by atoms with Crippen LogP contribution in [-0.2, 0) is 15.9 Å². The van der Waals surface area contributed by atoms with Crippen LogP contribution in [0.5, 0.6) is 0 Å². The predicted molar refractivity (Wildman–Crippen MR) is 104 cm³/mol. The van der Waals surface area contributed by atoms with Crippen molar-refractivity contribution in [2.45, 2.75) is 56.0 Å². The molecule has 5 heteroatoms. The van der Waals surface area contributed by atoms with Gasteiger partial charge < -0.3 is 19.7 Å². The number of piperidine rings is 1. The first-order valence-corrected chi connectivity index (χ1v) is 10.4. The molecule has 1 saturated carbocycles. The Balaban J connectivity index is 1.36. The van der Waals surface area contributed by atoms with E-state index in [1.54, 1.807) is 7.11 Å². The van der Waals surface area contributed by atoms with Crippen molar-refractivity contribution >= 4 is 0 Å². The van der Waals surface area contributed by atoms with Gasteiger partial charge in [-0.25, -0.2) is 0 Å².